The van der Waals surface area contributed by atoms with Crippen molar-refractivity contribution < 1.29 is 38.3 Å². The summed E-state index contributed by atoms with van der Waals surface area (Å²) in [5, 5.41) is 4.19. The molecule has 0 spiro atoms. The van der Waals surface area contributed by atoms with E-state index in [1.165, 1.54) is 16.7 Å². The second-order valence-corrected chi connectivity index (χ2v) is 21.7. The van der Waals surface area contributed by atoms with E-state index in [-0.39, 0.29) is 46.8 Å². The summed E-state index contributed by atoms with van der Waals surface area (Å²) in [6.07, 6.45) is 1.87. The first kappa shape index (κ1) is 53.7. The van der Waals surface area contributed by atoms with Crippen molar-refractivity contribution in [2.24, 2.45) is 11.1 Å². The van der Waals surface area contributed by atoms with Gasteiger partial charge < -0.3 is 29.8 Å². The van der Waals surface area contributed by atoms with Crippen molar-refractivity contribution in [3.63, 3.8) is 0 Å². The van der Waals surface area contributed by atoms with Crippen molar-refractivity contribution in [2.45, 2.75) is 68.8 Å². The van der Waals surface area contributed by atoms with E-state index in [9.17, 15) is 24.0 Å². The van der Waals surface area contributed by atoms with Gasteiger partial charge in [-0.2, -0.15) is 9.36 Å². The number of nitrogen functional groups attached to an aromatic ring is 1. The normalized spacial score (nSPS) is 18.5. The zero-order chi connectivity index (χ0) is 54.3. The number of likely N-dealkylation sites (tertiary alicyclic amines) is 2. The number of rotatable bonds is 15. The van der Waals surface area contributed by atoms with Crippen LogP contribution < -0.4 is 5.73 Å². The maximum atomic E-state index is 14.5. The number of Topliss-reactive ketones (excluding diaryl/α,β-unsaturated/α-hetero) is 1. The van der Waals surface area contributed by atoms with E-state index in [0.717, 1.165) is 58.7 Å². The molecule has 0 aliphatic carbocycles. The third kappa shape index (κ3) is 11.7. The number of amides is 3. The van der Waals surface area contributed by atoms with E-state index in [2.05, 4.69) is 27.7 Å². The number of esters is 1. The molecule has 15 nitrogen and oxygen atoms in total. The summed E-state index contributed by atoms with van der Waals surface area (Å²) in [7, 11) is 0. The summed E-state index contributed by atoms with van der Waals surface area (Å²) in [5.41, 5.74) is 9.29. The largest absolute Gasteiger partial charge is 0.448 e. The summed E-state index contributed by atoms with van der Waals surface area (Å²) in [6, 6.07) is 47.8. The SMILES string of the molecule is C=C1CCN([C@@H]2CCN(C(=O)OC(C)(C)C)C2)C1=O.C=CC1=C(C(=O)OC(c2ccccc2)c2ccccc2)N2C(=O)[C@@H](CC(=O)/C(=N\OC(c3ccccc3)(c3ccccc3)c3ccccc3)c3nsc(N)n3)[C@H]2SC1. The topological polar surface area (TPSA) is 187 Å². The van der Waals surface area contributed by atoms with Crippen molar-refractivity contribution in [1.82, 2.24) is 24.1 Å². The third-order valence-corrected chi connectivity index (χ3v) is 15.5. The number of hydrogen-bond donors (Lipinski definition) is 1. The highest BCUT2D eigenvalue weighted by Crippen LogP contribution is 2.47. The monoisotopic (exact) mass is 1070 g/mol. The number of carbonyl (C=O) groups is 5. The maximum Gasteiger partial charge on any atom is 0.410 e. The van der Waals surface area contributed by atoms with Gasteiger partial charge in [-0.05, 0) is 50.3 Å². The predicted octanol–water partition coefficient (Wildman–Crippen LogP) is 9.88. The molecule has 4 aliphatic rings. The first-order valence-corrected chi connectivity index (χ1v) is 27.1. The molecule has 3 fully saturated rings. The lowest BCUT2D eigenvalue weighted by Gasteiger charge is -2.49. The summed E-state index contributed by atoms with van der Waals surface area (Å²) in [6.45, 7) is 15.2. The van der Waals surface area contributed by atoms with E-state index < -0.39 is 46.3 Å². The highest BCUT2D eigenvalue weighted by atomic mass is 32.2. The van der Waals surface area contributed by atoms with Crippen LogP contribution >= 0.6 is 23.3 Å². The second kappa shape index (κ2) is 23.4. The van der Waals surface area contributed by atoms with Crippen LogP contribution in [0.2, 0.25) is 0 Å². The Bertz CT molecular complexity index is 3070. The Hall–Kier alpha value is -8.15. The number of hydrogen-bond acceptors (Lipinski definition) is 14. The first-order valence-electron chi connectivity index (χ1n) is 25.3. The number of benzene rings is 5. The van der Waals surface area contributed by atoms with Gasteiger partial charge in [0.05, 0.1) is 17.3 Å². The van der Waals surface area contributed by atoms with Crippen molar-refractivity contribution in [3.05, 3.63) is 221 Å². The highest BCUT2D eigenvalue weighted by Gasteiger charge is 2.55. The summed E-state index contributed by atoms with van der Waals surface area (Å²) < 4.78 is 15.9. The second-order valence-electron chi connectivity index (χ2n) is 19.8. The highest BCUT2D eigenvalue weighted by molar-refractivity contribution is 8.00. The lowest BCUT2D eigenvalue weighted by molar-refractivity contribution is -0.157. The Morgan fingerprint density at radius 3 is 1.84 bits per heavy atom. The van der Waals surface area contributed by atoms with Gasteiger partial charge in [0.1, 0.15) is 11.3 Å². The summed E-state index contributed by atoms with van der Waals surface area (Å²) >= 11 is 2.37. The van der Waals surface area contributed by atoms with E-state index in [1.54, 1.807) is 11.0 Å². The number of ketones is 1. The summed E-state index contributed by atoms with van der Waals surface area (Å²) in [5.74, 6) is -1.95. The van der Waals surface area contributed by atoms with Crippen LogP contribution in [0.3, 0.4) is 0 Å². The summed E-state index contributed by atoms with van der Waals surface area (Å²) in [4.78, 5) is 82.5. The van der Waals surface area contributed by atoms with Gasteiger partial charge in [0, 0.05) is 65.6 Å². The van der Waals surface area contributed by atoms with E-state index in [4.69, 9.17) is 20.0 Å². The molecule has 0 unspecified atom stereocenters. The van der Waals surface area contributed by atoms with Crippen LogP contribution in [0, 0.1) is 5.92 Å². The van der Waals surface area contributed by atoms with Crippen LogP contribution in [0.4, 0.5) is 9.93 Å². The molecule has 4 aliphatic heterocycles. The molecule has 5 aromatic carbocycles. The van der Waals surface area contributed by atoms with E-state index in [0.29, 0.717) is 30.0 Å². The van der Waals surface area contributed by atoms with Gasteiger partial charge in [0.15, 0.2) is 22.7 Å². The first-order chi connectivity index (χ1) is 37.2. The van der Waals surface area contributed by atoms with Gasteiger partial charge in [0.25, 0.3) is 0 Å². The van der Waals surface area contributed by atoms with Crippen LogP contribution in [0.25, 0.3) is 0 Å². The molecule has 5 heterocycles. The van der Waals surface area contributed by atoms with Crippen molar-refractivity contribution in [1.29, 1.82) is 0 Å². The van der Waals surface area contributed by atoms with Crippen LogP contribution in [0.15, 0.2) is 193 Å². The Labute approximate surface area is 456 Å². The average Bonchev–Trinajstić information content (AvgIpc) is 4.24. The number of nitrogens with two attached hydrogens (primary N) is 1. The maximum absolute atomic E-state index is 14.5. The van der Waals surface area contributed by atoms with Crippen LogP contribution in [-0.2, 0) is 39.1 Å². The Kier molecular flexibility index (Phi) is 16.3. The van der Waals surface area contributed by atoms with Gasteiger partial charge in [-0.25, -0.2) is 9.59 Å². The number of anilines is 1. The molecule has 2 N–H and O–H groups in total. The minimum atomic E-state index is -1.29. The molecule has 3 amide bonds. The zero-order valence-electron chi connectivity index (χ0n) is 43.0. The van der Waals surface area contributed by atoms with Crippen LogP contribution in [-0.4, -0.2) is 102 Å². The fourth-order valence-corrected chi connectivity index (χ4v) is 11.7. The smallest absolute Gasteiger partial charge is 0.410 e. The number of fused-ring (bicyclic) bond motifs is 1. The number of oxime groups is 1. The molecular weight excluding hydrogens is 1010 g/mol. The average molecular weight is 1070 g/mol. The number of β-lactam (4-membered cyclic amide) rings is 1. The molecule has 0 bridgehead atoms. The molecule has 77 heavy (non-hydrogen) atoms. The third-order valence-electron chi connectivity index (χ3n) is 13.6. The van der Waals surface area contributed by atoms with Gasteiger partial charge in [0.2, 0.25) is 23.2 Å². The number of aromatic nitrogens is 2. The number of thioether (sulfide) groups is 1. The lowest BCUT2D eigenvalue weighted by atomic mass is 9.80. The lowest BCUT2D eigenvalue weighted by Crippen LogP contribution is -2.62. The van der Waals surface area contributed by atoms with Gasteiger partial charge in [-0.3, -0.25) is 19.3 Å². The van der Waals surface area contributed by atoms with Crippen LogP contribution in [0.5, 0.6) is 0 Å². The fourth-order valence-electron chi connectivity index (χ4n) is 9.81. The molecular formula is C60H59N7O8S2. The number of allylic oxidation sites excluding steroid dienone is 1. The van der Waals surface area contributed by atoms with E-state index >= 15 is 0 Å². The molecule has 394 valence electrons. The van der Waals surface area contributed by atoms with Crippen molar-refractivity contribution in [2.75, 3.05) is 31.1 Å². The van der Waals surface area contributed by atoms with E-state index in [1.807, 2.05) is 177 Å². The molecule has 0 saturated carbocycles. The molecule has 17 heteroatoms. The molecule has 3 saturated heterocycles. The standard InChI is InChI=1S/C46H37N5O5S2.C14H22N2O3/c1-2-30-29-57-43-36(42(53)51(43)39(30)44(54)55-40(31-18-8-3-9-19-31)32-20-10-4-11-21-32)28-37(52)38(41-48-45(47)58-50-41)49-56-46(33-22-12-5-13-23-33,34-24-14-6-15-25-34)35-26-16-7-17-27-35;1-10-5-8-16(12(10)17)11-6-7-15(9-11)13(18)19-14(2,3)4/h2-27,36,40,43H,1,28-29H2,(H2,47,48,50);11H,1,5-9H2,2-4H3/b49-38+;/t36-,43-;11-/m11/s1. The molecule has 0 radical (unpaired) electrons. The van der Waals surface area contributed by atoms with Crippen LogP contribution in [0.1, 0.15) is 79.8 Å². The molecule has 10 rings (SSSR count). The zero-order valence-corrected chi connectivity index (χ0v) is 44.7. The van der Waals surface area contributed by atoms with Gasteiger partial charge >= 0.3 is 12.1 Å². The van der Waals surface area contributed by atoms with Crippen molar-refractivity contribution >= 4 is 63.8 Å². The quantitative estimate of drug-likeness (QED) is 0.0257. The van der Waals surface area contributed by atoms with Gasteiger partial charge in [-0.1, -0.05) is 176 Å². The number of carbonyl (C=O) groups excluding carboxylic acids is 5. The fraction of sp³-hybridized carbons (Fsp3) is 0.267. The Morgan fingerprint density at radius 1 is 0.818 bits per heavy atom. The molecule has 6 aromatic rings. The number of nitrogens with zero attached hydrogens (tertiary/aromatic N) is 6. The van der Waals surface area contributed by atoms with Crippen molar-refractivity contribution in [3.8, 4) is 0 Å². The minimum absolute atomic E-state index is 0.0125. The minimum Gasteiger partial charge on any atom is -0.448 e. The Balaban J connectivity index is 0.000000320. The Morgan fingerprint density at radius 2 is 1.36 bits per heavy atom. The molecule has 3 atom stereocenters. The predicted molar refractivity (Wildman–Crippen MR) is 297 cm³/mol. The van der Waals surface area contributed by atoms with Gasteiger partial charge in [-0.15, -0.1) is 11.8 Å². The number of ether oxygens (including phenoxy) is 2. The molecule has 1 aromatic heterocycles.